The third kappa shape index (κ3) is 4.77. The van der Waals surface area contributed by atoms with Crippen molar-refractivity contribution in [3.63, 3.8) is 0 Å². The van der Waals surface area contributed by atoms with Crippen molar-refractivity contribution in [3.05, 3.63) is 47.5 Å². The van der Waals surface area contributed by atoms with E-state index in [4.69, 9.17) is 14.2 Å². The van der Waals surface area contributed by atoms with Crippen LogP contribution in [0.5, 0.6) is 17.2 Å². The molecule has 0 aliphatic rings. The second-order valence-electron chi connectivity index (χ2n) is 6.15. The highest BCUT2D eigenvalue weighted by Crippen LogP contribution is 2.32. The molecule has 3 aromatic rings. The van der Waals surface area contributed by atoms with Crippen LogP contribution in [0.2, 0.25) is 0 Å². The van der Waals surface area contributed by atoms with Gasteiger partial charge in [-0.15, -0.1) is 0 Å². The van der Waals surface area contributed by atoms with E-state index in [0.29, 0.717) is 28.2 Å². The molecule has 0 bridgehead atoms. The molecule has 8 heteroatoms. The zero-order chi connectivity index (χ0) is 20.1. The van der Waals surface area contributed by atoms with Gasteiger partial charge in [0.05, 0.1) is 14.2 Å². The number of benzene rings is 2. The number of carbonyl (C=O) groups excluding carboxylic acids is 1. The molecular formula is C20H21N3O4S. The van der Waals surface area contributed by atoms with Crippen molar-refractivity contribution >= 4 is 22.6 Å². The van der Waals surface area contributed by atoms with Gasteiger partial charge in [0.1, 0.15) is 5.75 Å². The summed E-state index contributed by atoms with van der Waals surface area (Å²) < 4.78 is 20.4. The second kappa shape index (κ2) is 8.71. The summed E-state index contributed by atoms with van der Waals surface area (Å²) >= 11 is 1.10. The summed E-state index contributed by atoms with van der Waals surface area (Å²) in [6.45, 7) is 3.86. The van der Waals surface area contributed by atoms with Crippen LogP contribution in [0.15, 0.2) is 36.4 Å². The van der Waals surface area contributed by atoms with Gasteiger partial charge in [-0.05, 0) is 55.3 Å². The minimum absolute atomic E-state index is 0.103. The van der Waals surface area contributed by atoms with Crippen molar-refractivity contribution in [2.75, 3.05) is 26.1 Å². The maximum Gasteiger partial charge on any atom is 0.264 e. The van der Waals surface area contributed by atoms with Crippen LogP contribution in [0.1, 0.15) is 11.1 Å². The van der Waals surface area contributed by atoms with Crippen molar-refractivity contribution in [1.82, 2.24) is 9.36 Å². The molecule has 0 spiro atoms. The van der Waals surface area contributed by atoms with Gasteiger partial charge in [0.15, 0.2) is 23.9 Å². The van der Waals surface area contributed by atoms with Gasteiger partial charge in [0, 0.05) is 17.1 Å². The van der Waals surface area contributed by atoms with Gasteiger partial charge in [-0.1, -0.05) is 6.07 Å². The molecule has 0 radical (unpaired) electrons. The van der Waals surface area contributed by atoms with Gasteiger partial charge >= 0.3 is 0 Å². The van der Waals surface area contributed by atoms with Crippen LogP contribution in [0.3, 0.4) is 0 Å². The molecule has 7 nitrogen and oxygen atoms in total. The van der Waals surface area contributed by atoms with Gasteiger partial charge in [0.25, 0.3) is 5.91 Å². The summed E-state index contributed by atoms with van der Waals surface area (Å²) in [6, 6.07) is 11.2. The Hall–Kier alpha value is -3.13. The molecule has 1 aromatic heterocycles. The Morgan fingerprint density at radius 3 is 2.43 bits per heavy atom. The molecule has 1 amide bonds. The number of ether oxygens (including phenoxy) is 3. The molecular weight excluding hydrogens is 378 g/mol. The van der Waals surface area contributed by atoms with E-state index in [-0.39, 0.29) is 12.5 Å². The Morgan fingerprint density at radius 2 is 1.75 bits per heavy atom. The highest BCUT2D eigenvalue weighted by molar-refractivity contribution is 7.10. The molecule has 0 saturated carbocycles. The number of aromatic nitrogens is 2. The van der Waals surface area contributed by atoms with Crippen molar-refractivity contribution in [2.24, 2.45) is 0 Å². The van der Waals surface area contributed by atoms with E-state index in [1.54, 1.807) is 26.4 Å². The number of rotatable bonds is 7. The highest BCUT2D eigenvalue weighted by Gasteiger charge is 2.13. The number of aryl methyl sites for hydroxylation is 2. The molecule has 0 aliphatic carbocycles. The average Bonchev–Trinajstić information content (AvgIpc) is 3.13. The molecule has 1 N–H and O–H groups in total. The SMILES string of the molecule is COc1ccc(-c2nsc(NC(=O)COc3cc(C)cc(C)c3)n2)cc1OC. The molecule has 0 fully saturated rings. The summed E-state index contributed by atoms with van der Waals surface area (Å²) in [4.78, 5) is 16.5. The fourth-order valence-corrected chi connectivity index (χ4v) is 3.29. The molecule has 0 saturated heterocycles. The first-order valence-electron chi connectivity index (χ1n) is 8.55. The number of hydrogen-bond donors (Lipinski definition) is 1. The maximum atomic E-state index is 12.2. The number of carbonyl (C=O) groups is 1. The summed E-state index contributed by atoms with van der Waals surface area (Å²) in [7, 11) is 3.14. The predicted octanol–water partition coefficient (Wildman–Crippen LogP) is 3.86. The first-order chi connectivity index (χ1) is 13.5. The quantitative estimate of drug-likeness (QED) is 0.650. The number of anilines is 1. The molecule has 0 unspecified atom stereocenters. The van der Waals surface area contributed by atoms with Crippen LogP contribution < -0.4 is 19.5 Å². The molecule has 0 aliphatic heterocycles. The van der Waals surface area contributed by atoms with E-state index in [1.807, 2.05) is 38.1 Å². The normalized spacial score (nSPS) is 10.4. The number of amides is 1. The smallest absolute Gasteiger partial charge is 0.264 e. The van der Waals surface area contributed by atoms with E-state index in [2.05, 4.69) is 14.7 Å². The minimum atomic E-state index is -0.297. The molecule has 0 atom stereocenters. The summed E-state index contributed by atoms with van der Waals surface area (Å²) in [5, 5.41) is 3.11. The lowest BCUT2D eigenvalue weighted by Gasteiger charge is -2.08. The van der Waals surface area contributed by atoms with Gasteiger partial charge < -0.3 is 14.2 Å². The monoisotopic (exact) mass is 399 g/mol. The average molecular weight is 399 g/mol. The van der Waals surface area contributed by atoms with Gasteiger partial charge in [-0.25, -0.2) is 0 Å². The predicted molar refractivity (Wildman–Crippen MR) is 108 cm³/mol. The topological polar surface area (TPSA) is 82.6 Å². The van der Waals surface area contributed by atoms with Crippen LogP contribution >= 0.6 is 11.5 Å². The zero-order valence-electron chi connectivity index (χ0n) is 16.1. The molecule has 28 heavy (non-hydrogen) atoms. The zero-order valence-corrected chi connectivity index (χ0v) is 16.9. The lowest BCUT2D eigenvalue weighted by Crippen LogP contribution is -2.20. The van der Waals surface area contributed by atoms with Crippen LogP contribution in [0.4, 0.5) is 5.13 Å². The Bertz CT molecular complexity index is 967. The van der Waals surface area contributed by atoms with Crippen molar-refractivity contribution in [3.8, 4) is 28.6 Å². The van der Waals surface area contributed by atoms with Gasteiger partial charge in [-0.3, -0.25) is 10.1 Å². The van der Waals surface area contributed by atoms with Crippen molar-refractivity contribution in [1.29, 1.82) is 0 Å². The molecule has 2 aromatic carbocycles. The van der Waals surface area contributed by atoms with Gasteiger partial charge in [0.2, 0.25) is 5.13 Å². The van der Waals surface area contributed by atoms with E-state index < -0.39 is 0 Å². The Balaban J connectivity index is 1.63. The van der Waals surface area contributed by atoms with Crippen LogP contribution in [-0.2, 0) is 4.79 Å². The largest absolute Gasteiger partial charge is 0.493 e. The summed E-state index contributed by atoms with van der Waals surface area (Å²) in [5.74, 6) is 2.07. The third-order valence-corrected chi connectivity index (χ3v) is 4.51. The fourth-order valence-electron chi connectivity index (χ4n) is 2.69. The van der Waals surface area contributed by atoms with Crippen LogP contribution in [0, 0.1) is 13.8 Å². The maximum absolute atomic E-state index is 12.2. The van der Waals surface area contributed by atoms with Crippen molar-refractivity contribution < 1.29 is 19.0 Å². The number of methoxy groups -OCH3 is 2. The highest BCUT2D eigenvalue weighted by atomic mass is 32.1. The Kier molecular flexibility index (Phi) is 6.10. The Labute approximate surface area is 167 Å². The fraction of sp³-hybridized carbons (Fsp3) is 0.250. The van der Waals surface area contributed by atoms with E-state index in [0.717, 1.165) is 28.2 Å². The van der Waals surface area contributed by atoms with E-state index in [1.165, 1.54) is 0 Å². The van der Waals surface area contributed by atoms with Crippen molar-refractivity contribution in [2.45, 2.75) is 13.8 Å². The second-order valence-corrected chi connectivity index (χ2v) is 6.91. The molecule has 3 rings (SSSR count). The summed E-state index contributed by atoms with van der Waals surface area (Å²) in [5.41, 5.74) is 2.93. The Morgan fingerprint density at radius 1 is 1.04 bits per heavy atom. The first kappa shape index (κ1) is 19.6. The molecule has 146 valence electrons. The third-order valence-electron chi connectivity index (χ3n) is 3.88. The lowest BCUT2D eigenvalue weighted by atomic mass is 10.1. The van der Waals surface area contributed by atoms with Crippen LogP contribution in [-0.4, -0.2) is 36.1 Å². The number of nitrogens with zero attached hydrogens (tertiary/aromatic N) is 2. The minimum Gasteiger partial charge on any atom is -0.493 e. The molecule has 1 heterocycles. The summed E-state index contributed by atoms with van der Waals surface area (Å²) in [6.07, 6.45) is 0. The van der Waals surface area contributed by atoms with Gasteiger partial charge in [-0.2, -0.15) is 9.36 Å². The first-order valence-corrected chi connectivity index (χ1v) is 9.33. The standard InChI is InChI=1S/C20H21N3O4S/c1-12-7-13(2)9-15(8-12)27-11-18(24)21-20-22-19(23-28-20)14-5-6-16(25-3)17(10-14)26-4/h5-10H,11H2,1-4H3,(H,21,22,23,24). The number of nitrogens with one attached hydrogen (secondary N) is 1. The lowest BCUT2D eigenvalue weighted by molar-refractivity contribution is -0.118. The van der Waals surface area contributed by atoms with Crippen LogP contribution in [0.25, 0.3) is 11.4 Å². The van der Waals surface area contributed by atoms with E-state index >= 15 is 0 Å². The number of hydrogen-bond acceptors (Lipinski definition) is 7. The van der Waals surface area contributed by atoms with E-state index in [9.17, 15) is 4.79 Å².